The normalized spacial score (nSPS) is 15.4. The van der Waals surface area contributed by atoms with E-state index in [1.54, 1.807) is 6.92 Å². The van der Waals surface area contributed by atoms with Gasteiger partial charge in [0.2, 0.25) is 0 Å². The second kappa shape index (κ2) is 5.42. The van der Waals surface area contributed by atoms with Crippen molar-refractivity contribution in [2.45, 2.75) is 13.3 Å². The third-order valence-corrected chi connectivity index (χ3v) is 2.21. The first-order chi connectivity index (χ1) is 7.95. The molecule has 0 bridgehead atoms. The summed E-state index contributed by atoms with van der Waals surface area (Å²) in [5.74, 6) is -1.60. The number of ether oxygens (including phenoxy) is 1. The van der Waals surface area contributed by atoms with Gasteiger partial charge in [0.15, 0.2) is 5.78 Å². The molecule has 7 nitrogen and oxygen atoms in total. The minimum absolute atomic E-state index is 0.0362. The van der Waals surface area contributed by atoms with E-state index in [0.717, 1.165) is 4.90 Å². The average molecular weight is 242 g/mol. The van der Waals surface area contributed by atoms with Crippen LogP contribution in [0.25, 0.3) is 0 Å². The number of hydrogen-bond donors (Lipinski definition) is 0. The van der Waals surface area contributed by atoms with E-state index in [1.807, 2.05) is 0 Å². The lowest BCUT2D eigenvalue weighted by Crippen LogP contribution is -2.36. The zero-order valence-corrected chi connectivity index (χ0v) is 9.76. The van der Waals surface area contributed by atoms with Gasteiger partial charge >= 0.3 is 12.0 Å². The third-order valence-electron chi connectivity index (χ3n) is 2.21. The molecule has 0 aromatic rings. The Morgan fingerprint density at radius 2 is 2.00 bits per heavy atom. The molecule has 0 spiro atoms. The first-order valence-corrected chi connectivity index (χ1v) is 5.18. The number of amides is 3. The molecule has 1 rings (SSSR count). The van der Waals surface area contributed by atoms with Gasteiger partial charge in [-0.25, -0.2) is 4.79 Å². The predicted octanol–water partition coefficient (Wildman–Crippen LogP) is -0.597. The lowest BCUT2D eigenvalue weighted by molar-refractivity contribution is -0.146. The van der Waals surface area contributed by atoms with Crippen LogP contribution in [-0.2, 0) is 19.1 Å². The number of carbonyl (C=O) groups is 4. The van der Waals surface area contributed by atoms with Gasteiger partial charge in [0.05, 0.1) is 13.2 Å². The summed E-state index contributed by atoms with van der Waals surface area (Å²) in [6.07, 6.45) is -0.422. The van der Waals surface area contributed by atoms with Gasteiger partial charge in [-0.15, -0.1) is 0 Å². The Bertz CT molecular complexity index is 366. The first-order valence-electron chi connectivity index (χ1n) is 5.18. The zero-order valence-electron chi connectivity index (χ0n) is 9.76. The maximum absolute atomic E-state index is 11.4. The fourth-order valence-electron chi connectivity index (χ4n) is 1.43. The number of ketones is 1. The summed E-state index contributed by atoms with van der Waals surface area (Å²) in [7, 11) is 1.47. The lowest BCUT2D eigenvalue weighted by Gasteiger charge is -2.12. The van der Waals surface area contributed by atoms with Crippen LogP contribution < -0.4 is 0 Å². The van der Waals surface area contributed by atoms with Crippen LogP contribution in [0.4, 0.5) is 4.79 Å². The van der Waals surface area contributed by atoms with Crippen LogP contribution in [0.5, 0.6) is 0 Å². The SMILES string of the molecule is CCOC(=O)CC(=O)CN1C(=O)CN(C)C1=O. The number of Topliss-reactive ketones (excluding diaryl/α,β-unsaturated/α-hetero) is 1. The Balaban J connectivity index is 2.49. The summed E-state index contributed by atoms with van der Waals surface area (Å²) in [6.45, 7) is 1.41. The summed E-state index contributed by atoms with van der Waals surface area (Å²) < 4.78 is 4.59. The van der Waals surface area contributed by atoms with Crippen molar-refractivity contribution in [3.05, 3.63) is 0 Å². The molecule has 94 valence electrons. The van der Waals surface area contributed by atoms with Crippen molar-refractivity contribution >= 4 is 23.7 Å². The first kappa shape index (κ1) is 13.1. The smallest absolute Gasteiger partial charge is 0.327 e. The highest BCUT2D eigenvalue weighted by atomic mass is 16.5. The van der Waals surface area contributed by atoms with Gasteiger partial charge in [0.1, 0.15) is 13.0 Å². The number of nitrogens with zero attached hydrogens (tertiary/aromatic N) is 2. The van der Waals surface area contributed by atoms with E-state index in [9.17, 15) is 19.2 Å². The molecule has 0 N–H and O–H groups in total. The minimum atomic E-state index is -0.648. The van der Waals surface area contributed by atoms with Crippen molar-refractivity contribution in [3.63, 3.8) is 0 Å². The highest BCUT2D eigenvalue weighted by molar-refractivity contribution is 6.06. The fourth-order valence-corrected chi connectivity index (χ4v) is 1.43. The van der Waals surface area contributed by atoms with Gasteiger partial charge in [-0.2, -0.15) is 0 Å². The van der Waals surface area contributed by atoms with E-state index >= 15 is 0 Å². The molecule has 17 heavy (non-hydrogen) atoms. The Kier molecular flexibility index (Phi) is 4.19. The topological polar surface area (TPSA) is 84.0 Å². The van der Waals surface area contributed by atoms with Crippen molar-refractivity contribution in [1.29, 1.82) is 0 Å². The van der Waals surface area contributed by atoms with Gasteiger partial charge in [0, 0.05) is 7.05 Å². The van der Waals surface area contributed by atoms with Crippen molar-refractivity contribution in [1.82, 2.24) is 9.80 Å². The highest BCUT2D eigenvalue weighted by Gasteiger charge is 2.34. The third kappa shape index (κ3) is 3.27. The molecule has 1 heterocycles. The molecular formula is C10H14N2O5. The van der Waals surface area contributed by atoms with Crippen LogP contribution in [0.2, 0.25) is 0 Å². The Hall–Kier alpha value is -1.92. The van der Waals surface area contributed by atoms with Crippen molar-refractivity contribution in [2.24, 2.45) is 0 Å². The average Bonchev–Trinajstić information content (AvgIpc) is 2.45. The number of hydrogen-bond acceptors (Lipinski definition) is 5. The summed E-state index contributed by atoms with van der Waals surface area (Å²) in [5, 5.41) is 0. The van der Waals surface area contributed by atoms with Crippen molar-refractivity contribution in [2.75, 3.05) is 26.7 Å². The van der Waals surface area contributed by atoms with Gasteiger partial charge in [-0.05, 0) is 6.92 Å². The molecule has 0 radical (unpaired) electrons. The number of esters is 1. The standard InChI is InChI=1S/C10H14N2O5/c1-3-17-9(15)4-7(13)5-12-8(14)6-11(2)10(12)16/h3-6H2,1-2H3. The molecule has 0 unspecified atom stereocenters. The Morgan fingerprint density at radius 1 is 1.35 bits per heavy atom. The van der Waals surface area contributed by atoms with Gasteiger partial charge in [-0.3, -0.25) is 19.3 Å². The second-order valence-corrected chi connectivity index (χ2v) is 3.64. The van der Waals surface area contributed by atoms with Crippen LogP contribution in [0.3, 0.4) is 0 Å². The Labute approximate surface area is 98.3 Å². The van der Waals surface area contributed by atoms with Gasteiger partial charge < -0.3 is 9.64 Å². The molecule has 1 aliphatic heterocycles. The molecule has 1 fully saturated rings. The zero-order chi connectivity index (χ0) is 13.0. The predicted molar refractivity (Wildman–Crippen MR) is 56.0 cm³/mol. The van der Waals surface area contributed by atoms with Crippen molar-refractivity contribution < 1.29 is 23.9 Å². The molecule has 1 saturated heterocycles. The maximum atomic E-state index is 11.4. The Morgan fingerprint density at radius 3 is 2.47 bits per heavy atom. The van der Waals surface area contributed by atoms with E-state index in [1.165, 1.54) is 11.9 Å². The molecule has 0 aliphatic carbocycles. The summed E-state index contributed by atoms with van der Waals surface area (Å²) >= 11 is 0. The van der Waals surface area contributed by atoms with E-state index in [4.69, 9.17) is 0 Å². The summed E-state index contributed by atoms with van der Waals surface area (Å²) in [6, 6.07) is -0.521. The highest BCUT2D eigenvalue weighted by Crippen LogP contribution is 2.08. The largest absolute Gasteiger partial charge is 0.466 e. The molecule has 7 heteroatoms. The van der Waals surface area contributed by atoms with Crippen molar-refractivity contribution in [3.8, 4) is 0 Å². The number of rotatable bonds is 5. The van der Waals surface area contributed by atoms with Gasteiger partial charge in [0.25, 0.3) is 5.91 Å². The quantitative estimate of drug-likeness (QED) is 0.365. The van der Waals surface area contributed by atoms with Crippen LogP contribution in [-0.4, -0.2) is 60.2 Å². The van der Waals surface area contributed by atoms with Crippen LogP contribution in [0.1, 0.15) is 13.3 Å². The number of likely N-dealkylation sites (N-methyl/N-ethyl adjacent to an activating group) is 1. The van der Waals surface area contributed by atoms with Crippen LogP contribution in [0, 0.1) is 0 Å². The fraction of sp³-hybridized carbons (Fsp3) is 0.600. The number of carbonyl (C=O) groups excluding carboxylic acids is 4. The molecule has 0 aromatic heterocycles. The van der Waals surface area contributed by atoms with E-state index in [-0.39, 0.29) is 19.7 Å². The molecule has 1 aliphatic rings. The molecule has 0 saturated carbocycles. The van der Waals surface area contributed by atoms with Gasteiger partial charge in [-0.1, -0.05) is 0 Å². The summed E-state index contributed by atoms with van der Waals surface area (Å²) in [4.78, 5) is 47.2. The molecule has 0 atom stereocenters. The van der Waals surface area contributed by atoms with E-state index in [0.29, 0.717) is 0 Å². The van der Waals surface area contributed by atoms with Crippen LogP contribution in [0.15, 0.2) is 0 Å². The number of imide groups is 1. The molecular weight excluding hydrogens is 228 g/mol. The summed E-state index contributed by atoms with van der Waals surface area (Å²) in [5.41, 5.74) is 0. The van der Waals surface area contributed by atoms with Crippen LogP contribution >= 0.6 is 0 Å². The monoisotopic (exact) mass is 242 g/mol. The lowest BCUT2D eigenvalue weighted by atomic mass is 10.2. The van der Waals surface area contributed by atoms with E-state index < -0.39 is 30.1 Å². The molecule has 3 amide bonds. The molecule has 0 aromatic carbocycles. The maximum Gasteiger partial charge on any atom is 0.327 e. The number of urea groups is 1. The minimum Gasteiger partial charge on any atom is -0.466 e. The second-order valence-electron chi connectivity index (χ2n) is 3.64. The van der Waals surface area contributed by atoms with E-state index in [2.05, 4.69) is 4.74 Å².